The van der Waals surface area contributed by atoms with Gasteiger partial charge in [0.05, 0.1) is 30.5 Å². The zero-order chi connectivity index (χ0) is 67.7. The number of hydrogen-bond donors (Lipinski definition) is 1. The lowest BCUT2D eigenvalue weighted by Gasteiger charge is -2.61. The number of carbonyl (C=O) groups is 7. The topological polar surface area (TPSA) is 214 Å². The number of hydrogen-bond acceptors (Lipinski definition) is 17. The van der Waals surface area contributed by atoms with Crippen molar-refractivity contribution < 1.29 is 76.6 Å². The molecule has 13 aliphatic carbocycles. The fourth-order valence-electron chi connectivity index (χ4n) is 18.6. The molecule has 0 aromatic rings. The lowest BCUT2D eigenvalue weighted by Crippen LogP contribution is -2.62. The van der Waals surface area contributed by atoms with E-state index in [9.17, 15) is 38.7 Å². The highest BCUT2D eigenvalue weighted by atomic mass is 32.2. The minimum Gasteiger partial charge on any atom is -0.463 e. The predicted octanol–water partition coefficient (Wildman–Crippen LogP) is 14.8. The first kappa shape index (κ1) is 74.7. The van der Waals surface area contributed by atoms with Gasteiger partial charge in [-0.15, -0.1) is 0 Å². The minimum atomic E-state index is -0.728. The fourth-order valence-corrected chi connectivity index (χ4v) is 19.3. The molecular formula is C75H114O16S. The van der Waals surface area contributed by atoms with Gasteiger partial charge in [-0.3, -0.25) is 4.79 Å². The van der Waals surface area contributed by atoms with E-state index in [0.717, 1.165) is 86.5 Å². The SMILES string of the molecule is C=C(C)C(=O)OC1(C(C)C)C2CC3CC(C2)CC1C3.C=C(C)C(=O)OC1(CC)CCCCC1.C=C(C)C(=O)OC12CC3CC(CC(O)(C3)C1)C2.C=C(C)C(=O)OC1CCOC1=O.C=C(C)C(=O)OC1CSCCO1.CCC1(OC(=O)C(C)C)C2CC3CC(C2)CC1C3. The molecule has 516 valence electrons. The Labute approximate surface area is 554 Å². The zero-order valence-electron chi connectivity index (χ0n) is 57.9. The van der Waals surface area contributed by atoms with Crippen LogP contribution in [0.15, 0.2) is 60.8 Å². The van der Waals surface area contributed by atoms with Crippen LogP contribution in [0.1, 0.15) is 230 Å². The summed E-state index contributed by atoms with van der Waals surface area (Å²) >= 11 is 1.72. The van der Waals surface area contributed by atoms with Crippen LogP contribution in [0.25, 0.3) is 0 Å². The first-order valence-electron chi connectivity index (χ1n) is 35.0. The van der Waals surface area contributed by atoms with Crippen LogP contribution in [0.5, 0.6) is 0 Å². The van der Waals surface area contributed by atoms with E-state index in [1.807, 2.05) is 13.8 Å². The molecule has 16 nitrogen and oxygen atoms in total. The van der Waals surface area contributed by atoms with E-state index in [-0.39, 0.29) is 64.4 Å². The Morgan fingerprint density at radius 1 is 0.554 bits per heavy atom. The van der Waals surface area contributed by atoms with Crippen molar-refractivity contribution in [3.05, 3.63) is 60.8 Å². The molecule has 15 fully saturated rings. The van der Waals surface area contributed by atoms with Crippen molar-refractivity contribution in [3.8, 4) is 0 Å². The number of rotatable bonds is 15. The van der Waals surface area contributed by atoms with E-state index in [0.29, 0.717) is 89.8 Å². The summed E-state index contributed by atoms with van der Waals surface area (Å²) in [7, 11) is 0. The first-order chi connectivity index (χ1) is 43.3. The highest BCUT2D eigenvalue weighted by Crippen LogP contribution is 2.63. The van der Waals surface area contributed by atoms with Gasteiger partial charge in [0.25, 0.3) is 0 Å². The average Bonchev–Trinajstić information content (AvgIpc) is 0.834. The Morgan fingerprint density at radius 2 is 1.01 bits per heavy atom. The lowest BCUT2D eigenvalue weighted by molar-refractivity contribution is -0.221. The molecule has 0 amide bonds. The molecule has 2 heterocycles. The quantitative estimate of drug-likeness (QED) is 0.0917. The molecule has 2 saturated heterocycles. The Kier molecular flexibility index (Phi) is 25.9. The number of carbonyl (C=O) groups excluding carboxylic acids is 7. The number of thioether (sulfide) groups is 1. The maximum absolute atomic E-state index is 12.1. The summed E-state index contributed by atoms with van der Waals surface area (Å²) in [6.45, 7) is 39.8. The summed E-state index contributed by atoms with van der Waals surface area (Å²) in [4.78, 5) is 80.1. The summed E-state index contributed by atoms with van der Waals surface area (Å²) in [6, 6.07) is 0. The van der Waals surface area contributed by atoms with Gasteiger partial charge in [-0.05, 0) is 235 Å². The normalized spacial score (nSPS) is 35.5. The molecule has 0 spiro atoms. The third-order valence-corrected chi connectivity index (χ3v) is 23.3. The van der Waals surface area contributed by atoms with Crippen molar-refractivity contribution in [1.29, 1.82) is 0 Å². The van der Waals surface area contributed by atoms with Crippen LogP contribution in [0.3, 0.4) is 0 Å². The largest absolute Gasteiger partial charge is 0.463 e. The van der Waals surface area contributed by atoms with E-state index in [1.54, 1.807) is 39.5 Å². The second-order valence-corrected chi connectivity index (χ2v) is 31.8. The number of esters is 7. The molecule has 0 aromatic carbocycles. The summed E-state index contributed by atoms with van der Waals surface area (Å²) in [5.74, 6) is 7.28. The molecule has 15 aliphatic rings. The summed E-state index contributed by atoms with van der Waals surface area (Å²) in [5.41, 5.74) is 0.731. The van der Waals surface area contributed by atoms with E-state index in [1.165, 1.54) is 96.8 Å². The molecule has 1 N–H and O–H groups in total. The predicted molar refractivity (Wildman–Crippen MR) is 355 cm³/mol. The fraction of sp³-hybridized carbons (Fsp3) is 0.773. The summed E-state index contributed by atoms with van der Waals surface area (Å²) < 4.78 is 43.0. The van der Waals surface area contributed by atoms with Crippen LogP contribution < -0.4 is 0 Å². The Balaban J connectivity index is 0.000000158. The van der Waals surface area contributed by atoms with Crippen LogP contribution in [-0.4, -0.2) is 112 Å². The Morgan fingerprint density at radius 3 is 1.41 bits per heavy atom. The van der Waals surface area contributed by atoms with Gasteiger partial charge in [-0.25, -0.2) is 28.8 Å². The first-order valence-corrected chi connectivity index (χ1v) is 36.1. The van der Waals surface area contributed by atoms with Crippen molar-refractivity contribution in [2.24, 2.45) is 71.0 Å². The van der Waals surface area contributed by atoms with E-state index < -0.39 is 29.2 Å². The maximum atomic E-state index is 12.1. The molecule has 0 radical (unpaired) electrons. The summed E-state index contributed by atoms with van der Waals surface area (Å²) in [6.07, 6.45) is 25.6. The number of cyclic esters (lactones) is 1. The van der Waals surface area contributed by atoms with Crippen molar-refractivity contribution in [2.75, 3.05) is 24.7 Å². The van der Waals surface area contributed by atoms with Gasteiger partial charge < -0.3 is 43.0 Å². The third-order valence-electron chi connectivity index (χ3n) is 22.3. The Bertz CT molecular complexity index is 2640. The maximum Gasteiger partial charge on any atom is 0.347 e. The molecule has 0 aromatic heterocycles. The van der Waals surface area contributed by atoms with Gasteiger partial charge in [-0.2, -0.15) is 11.8 Å². The van der Waals surface area contributed by atoms with Crippen molar-refractivity contribution in [3.63, 3.8) is 0 Å². The highest BCUT2D eigenvalue weighted by Gasteiger charge is 2.62. The van der Waals surface area contributed by atoms with Crippen molar-refractivity contribution in [2.45, 2.75) is 271 Å². The van der Waals surface area contributed by atoms with Crippen LogP contribution in [-0.2, 0) is 71.5 Å². The zero-order valence-corrected chi connectivity index (χ0v) is 58.7. The molecule has 2 aliphatic heterocycles. The van der Waals surface area contributed by atoms with Gasteiger partial charge in [0, 0.05) is 46.5 Å². The molecule has 4 atom stereocenters. The van der Waals surface area contributed by atoms with Gasteiger partial charge in [0.1, 0.15) is 22.4 Å². The average molecular weight is 1300 g/mol. The van der Waals surface area contributed by atoms with Gasteiger partial charge in [0.2, 0.25) is 12.4 Å². The van der Waals surface area contributed by atoms with Crippen molar-refractivity contribution in [1.82, 2.24) is 0 Å². The molecule has 12 bridgehead atoms. The standard InChI is InChI=1S/C17H26O2.C16H26O2.C14H20O3.C12H20O2.C8H10O4.C8H12O3S/c1-10(2)16(18)19-17(11(3)4)14-6-12-5-13(8-14)9-15(17)7-12;1-4-16(18-15(17)10(2)3)13-6-11-5-12(8-13)9-14(16)7-11;1-9(2)12(15)17-14-6-10-3-11(7-14)5-13(16,4-10)8-14;1-4-12(8-6-5-7-9-12)14-11(13)10(2)3;1-5(2)7(9)12-6-3-4-11-8(6)10;1-6(2)8(9)11-7-5-12-4-3-10-7/h11-15H,1,5-9H2,2-4H3;10-14H,4-9H2,1-3H3;10-11,16H,1,3-8H2,2H3;2,4-9H2,1,3H3;6H,1,3-4H2,2H3;7H,1,3-5H2,2H3. The number of aliphatic hydroxyl groups is 1. The van der Waals surface area contributed by atoms with E-state index in [2.05, 4.69) is 65.3 Å². The van der Waals surface area contributed by atoms with Crippen LogP contribution in [0, 0.1) is 71.0 Å². The lowest BCUT2D eigenvalue weighted by atomic mass is 9.47. The summed E-state index contributed by atoms with van der Waals surface area (Å²) in [5, 5.41) is 10.5. The molecule has 4 unspecified atom stereocenters. The Hall–Kier alpha value is -4.74. The smallest absolute Gasteiger partial charge is 0.347 e. The van der Waals surface area contributed by atoms with Crippen LogP contribution in [0.4, 0.5) is 0 Å². The van der Waals surface area contributed by atoms with Crippen molar-refractivity contribution >= 4 is 53.5 Å². The minimum absolute atomic E-state index is 0.00520. The number of ether oxygens (including phenoxy) is 8. The molecular weight excluding hydrogens is 1190 g/mol. The molecule has 92 heavy (non-hydrogen) atoms. The van der Waals surface area contributed by atoms with Crippen LogP contribution >= 0.6 is 11.8 Å². The monoisotopic (exact) mass is 1300 g/mol. The van der Waals surface area contributed by atoms with E-state index >= 15 is 0 Å². The highest BCUT2D eigenvalue weighted by molar-refractivity contribution is 7.99. The van der Waals surface area contributed by atoms with Gasteiger partial charge >= 0.3 is 41.8 Å². The van der Waals surface area contributed by atoms with Gasteiger partial charge in [0.15, 0.2) is 0 Å². The van der Waals surface area contributed by atoms with Crippen LogP contribution in [0.2, 0.25) is 0 Å². The van der Waals surface area contributed by atoms with Gasteiger partial charge in [-0.1, -0.05) is 80.9 Å². The van der Waals surface area contributed by atoms with E-state index in [4.69, 9.17) is 33.2 Å². The second-order valence-electron chi connectivity index (χ2n) is 30.7. The third kappa shape index (κ3) is 18.4. The molecule has 17 heteroatoms. The second kappa shape index (κ2) is 31.9. The molecule has 13 saturated carbocycles. The molecule has 15 rings (SSSR count).